The Balaban J connectivity index is 2.37. The van der Waals surface area contributed by atoms with Gasteiger partial charge in [-0.3, -0.25) is 0 Å². The van der Waals surface area contributed by atoms with Crippen LogP contribution in [-0.2, 0) is 0 Å². The van der Waals surface area contributed by atoms with Crippen molar-refractivity contribution >= 4 is 27.5 Å². The van der Waals surface area contributed by atoms with Gasteiger partial charge in [-0.25, -0.2) is 9.97 Å². The van der Waals surface area contributed by atoms with Crippen LogP contribution in [0.15, 0.2) is 41.4 Å². The first-order chi connectivity index (χ1) is 9.22. The first kappa shape index (κ1) is 14.4. The molecule has 1 atom stereocenters. The van der Waals surface area contributed by atoms with Crippen molar-refractivity contribution in [3.63, 3.8) is 0 Å². The fourth-order valence-electron chi connectivity index (χ4n) is 1.89. The smallest absolute Gasteiger partial charge is 0.115 e. The monoisotopic (exact) mass is 339 g/mol. The van der Waals surface area contributed by atoms with E-state index in [1.165, 1.54) is 6.33 Å². The van der Waals surface area contributed by atoms with E-state index in [-0.39, 0.29) is 6.04 Å². The van der Waals surface area contributed by atoms with Crippen molar-refractivity contribution < 1.29 is 0 Å². The van der Waals surface area contributed by atoms with Crippen LogP contribution in [0.5, 0.6) is 0 Å². The first-order valence-corrected chi connectivity index (χ1v) is 7.32. The van der Waals surface area contributed by atoms with E-state index >= 15 is 0 Å². The molecule has 19 heavy (non-hydrogen) atoms. The third kappa shape index (κ3) is 3.75. The van der Waals surface area contributed by atoms with Gasteiger partial charge in [0.1, 0.15) is 6.33 Å². The summed E-state index contributed by atoms with van der Waals surface area (Å²) in [6, 6.07) is 5.93. The highest BCUT2D eigenvalue weighted by molar-refractivity contribution is 9.10. The third-order valence-electron chi connectivity index (χ3n) is 2.79. The van der Waals surface area contributed by atoms with Gasteiger partial charge in [0.25, 0.3) is 0 Å². The Morgan fingerprint density at radius 2 is 2.05 bits per heavy atom. The molecule has 1 heterocycles. The summed E-state index contributed by atoms with van der Waals surface area (Å²) in [5, 5.41) is 4.21. The van der Waals surface area contributed by atoms with E-state index in [9.17, 15) is 0 Å². The lowest BCUT2D eigenvalue weighted by Crippen LogP contribution is -2.23. The van der Waals surface area contributed by atoms with E-state index < -0.39 is 0 Å². The highest BCUT2D eigenvalue weighted by atomic mass is 79.9. The Kier molecular flexibility index (Phi) is 5.31. The van der Waals surface area contributed by atoms with Gasteiger partial charge in [0.05, 0.1) is 6.04 Å². The third-order valence-corrected chi connectivity index (χ3v) is 3.61. The zero-order chi connectivity index (χ0) is 13.7. The van der Waals surface area contributed by atoms with Crippen LogP contribution in [0.25, 0.3) is 0 Å². The lowest BCUT2D eigenvalue weighted by molar-refractivity contribution is 0.595. The van der Waals surface area contributed by atoms with Gasteiger partial charge in [-0.1, -0.05) is 40.5 Å². The topological polar surface area (TPSA) is 37.8 Å². The van der Waals surface area contributed by atoms with Gasteiger partial charge in [-0.2, -0.15) is 0 Å². The van der Waals surface area contributed by atoms with E-state index in [4.69, 9.17) is 11.6 Å². The molecule has 1 aromatic heterocycles. The summed E-state index contributed by atoms with van der Waals surface area (Å²) in [7, 11) is 0. The second-order valence-electron chi connectivity index (χ2n) is 4.22. The largest absolute Gasteiger partial charge is 0.306 e. The molecule has 0 aliphatic rings. The van der Waals surface area contributed by atoms with Crippen molar-refractivity contribution in [2.24, 2.45) is 0 Å². The van der Waals surface area contributed by atoms with Crippen LogP contribution in [-0.4, -0.2) is 16.5 Å². The number of hydrogen-bond donors (Lipinski definition) is 1. The van der Waals surface area contributed by atoms with Crippen molar-refractivity contribution in [1.82, 2.24) is 15.3 Å². The number of halogens is 2. The number of aromatic nitrogens is 2. The first-order valence-electron chi connectivity index (χ1n) is 6.15. The highest BCUT2D eigenvalue weighted by Gasteiger charge is 2.16. The summed E-state index contributed by atoms with van der Waals surface area (Å²) in [6.07, 6.45) is 6.22. The fourth-order valence-corrected chi connectivity index (χ4v) is 2.67. The zero-order valence-corrected chi connectivity index (χ0v) is 12.9. The van der Waals surface area contributed by atoms with Crippen LogP contribution in [0.1, 0.15) is 30.5 Å². The molecule has 0 aliphatic carbocycles. The Hall–Kier alpha value is -0.970. The lowest BCUT2D eigenvalue weighted by Gasteiger charge is -2.20. The molecule has 0 bridgehead atoms. The van der Waals surface area contributed by atoms with Crippen LogP contribution < -0.4 is 5.32 Å². The van der Waals surface area contributed by atoms with Crippen LogP contribution in [0.4, 0.5) is 0 Å². The van der Waals surface area contributed by atoms with Crippen molar-refractivity contribution in [2.45, 2.75) is 19.4 Å². The Labute approximate surface area is 126 Å². The SMILES string of the molecule is CCCNC(c1cncnc1)c1ccc(Br)cc1Cl. The summed E-state index contributed by atoms with van der Waals surface area (Å²) in [6.45, 7) is 3.04. The summed E-state index contributed by atoms with van der Waals surface area (Å²) in [5.41, 5.74) is 2.05. The van der Waals surface area contributed by atoms with Crippen LogP contribution in [0.3, 0.4) is 0 Å². The molecule has 100 valence electrons. The molecule has 1 unspecified atom stereocenters. The van der Waals surface area contributed by atoms with Crippen molar-refractivity contribution in [2.75, 3.05) is 6.54 Å². The van der Waals surface area contributed by atoms with Crippen LogP contribution >= 0.6 is 27.5 Å². The number of nitrogens with one attached hydrogen (secondary N) is 1. The number of nitrogens with zero attached hydrogens (tertiary/aromatic N) is 2. The van der Waals surface area contributed by atoms with Gasteiger partial charge >= 0.3 is 0 Å². The maximum Gasteiger partial charge on any atom is 0.115 e. The molecule has 2 rings (SSSR count). The number of hydrogen-bond acceptors (Lipinski definition) is 3. The molecule has 1 N–H and O–H groups in total. The van der Waals surface area contributed by atoms with Crippen molar-refractivity contribution in [3.8, 4) is 0 Å². The van der Waals surface area contributed by atoms with Gasteiger partial charge in [-0.15, -0.1) is 0 Å². The quantitative estimate of drug-likeness (QED) is 0.894. The van der Waals surface area contributed by atoms with E-state index in [1.54, 1.807) is 0 Å². The van der Waals surface area contributed by atoms with Gasteiger partial charge in [0, 0.05) is 27.5 Å². The molecule has 2 aromatic rings. The average molecular weight is 341 g/mol. The van der Waals surface area contributed by atoms with Gasteiger partial charge in [0.15, 0.2) is 0 Å². The van der Waals surface area contributed by atoms with Crippen molar-refractivity contribution in [1.29, 1.82) is 0 Å². The zero-order valence-electron chi connectivity index (χ0n) is 10.6. The molecule has 0 saturated heterocycles. The second kappa shape index (κ2) is 6.98. The van der Waals surface area contributed by atoms with Gasteiger partial charge in [0.2, 0.25) is 0 Å². The Morgan fingerprint density at radius 3 is 2.68 bits per heavy atom. The highest BCUT2D eigenvalue weighted by Crippen LogP contribution is 2.30. The number of rotatable bonds is 5. The molecule has 0 fully saturated rings. The molecule has 0 aliphatic heterocycles. The minimum atomic E-state index is 0.0155. The van der Waals surface area contributed by atoms with Crippen LogP contribution in [0.2, 0.25) is 5.02 Å². The van der Waals surface area contributed by atoms with E-state index in [0.29, 0.717) is 0 Å². The Morgan fingerprint density at radius 1 is 1.32 bits per heavy atom. The molecule has 1 aromatic carbocycles. The molecule has 0 radical (unpaired) electrons. The minimum absolute atomic E-state index is 0.0155. The summed E-state index contributed by atoms with van der Waals surface area (Å²) < 4.78 is 0.972. The molecular weight excluding hydrogens is 326 g/mol. The van der Waals surface area contributed by atoms with E-state index in [0.717, 1.165) is 33.6 Å². The molecule has 3 nitrogen and oxygen atoms in total. The minimum Gasteiger partial charge on any atom is -0.306 e. The lowest BCUT2D eigenvalue weighted by atomic mass is 10.0. The molecular formula is C14H15BrClN3. The fraction of sp³-hybridized carbons (Fsp3) is 0.286. The van der Waals surface area contributed by atoms with E-state index in [2.05, 4.69) is 38.1 Å². The molecule has 0 spiro atoms. The van der Waals surface area contributed by atoms with E-state index in [1.807, 2.05) is 30.6 Å². The molecule has 0 saturated carbocycles. The maximum atomic E-state index is 6.34. The molecule has 5 heteroatoms. The predicted octanol–water partition coefficient (Wildman–Crippen LogP) is 3.98. The average Bonchev–Trinajstić information content (AvgIpc) is 2.42. The second-order valence-corrected chi connectivity index (χ2v) is 5.55. The standard InChI is InChI=1S/C14H15BrClN3/c1-2-5-19-14(10-7-17-9-18-8-10)12-4-3-11(15)6-13(12)16/h3-4,6-9,14,19H,2,5H2,1H3. The maximum absolute atomic E-state index is 6.34. The summed E-state index contributed by atoms with van der Waals surface area (Å²) >= 11 is 9.77. The molecule has 0 amide bonds. The summed E-state index contributed by atoms with van der Waals surface area (Å²) in [4.78, 5) is 8.17. The van der Waals surface area contributed by atoms with Crippen LogP contribution in [0, 0.1) is 0 Å². The summed E-state index contributed by atoms with van der Waals surface area (Å²) in [5.74, 6) is 0. The Bertz CT molecular complexity index is 533. The normalized spacial score (nSPS) is 12.4. The van der Waals surface area contributed by atoms with Gasteiger partial charge < -0.3 is 5.32 Å². The van der Waals surface area contributed by atoms with Crippen molar-refractivity contribution in [3.05, 3.63) is 57.5 Å². The predicted molar refractivity (Wildman–Crippen MR) is 81.3 cm³/mol. The number of benzene rings is 1. The van der Waals surface area contributed by atoms with Gasteiger partial charge in [-0.05, 0) is 30.7 Å².